The van der Waals surface area contributed by atoms with Crippen molar-refractivity contribution in [2.45, 2.75) is 6.10 Å². The van der Waals surface area contributed by atoms with Gasteiger partial charge in [-0.25, -0.2) is 4.39 Å². The van der Waals surface area contributed by atoms with E-state index in [4.69, 9.17) is 0 Å². The molecule has 0 radical (unpaired) electrons. The van der Waals surface area contributed by atoms with Crippen molar-refractivity contribution in [3.63, 3.8) is 0 Å². The van der Waals surface area contributed by atoms with E-state index in [1.807, 2.05) is 29.6 Å². The van der Waals surface area contributed by atoms with Crippen LogP contribution in [0.15, 0.2) is 52.3 Å². The standard InChI is InChI=1S/C15H10BrFOS/c16-12-8-10(4-5-13(12)17)14(18)11-3-1-2-9-6-7-19-15(9)11/h1-8,14,18H. The van der Waals surface area contributed by atoms with Crippen molar-refractivity contribution in [1.29, 1.82) is 0 Å². The first kappa shape index (κ1) is 12.8. The van der Waals surface area contributed by atoms with Gasteiger partial charge in [0.1, 0.15) is 11.9 Å². The summed E-state index contributed by atoms with van der Waals surface area (Å²) in [5.41, 5.74) is 1.53. The Morgan fingerprint density at radius 2 is 2.00 bits per heavy atom. The molecule has 0 aliphatic carbocycles. The predicted octanol–water partition coefficient (Wildman–Crippen LogP) is 4.88. The monoisotopic (exact) mass is 336 g/mol. The van der Waals surface area contributed by atoms with E-state index in [9.17, 15) is 9.50 Å². The van der Waals surface area contributed by atoms with Crippen molar-refractivity contribution in [2.24, 2.45) is 0 Å². The van der Waals surface area contributed by atoms with Gasteiger partial charge in [-0.05, 0) is 50.5 Å². The van der Waals surface area contributed by atoms with E-state index >= 15 is 0 Å². The molecule has 2 aromatic carbocycles. The van der Waals surface area contributed by atoms with Crippen LogP contribution in [0.25, 0.3) is 10.1 Å². The van der Waals surface area contributed by atoms with Crippen LogP contribution >= 0.6 is 27.3 Å². The maximum Gasteiger partial charge on any atom is 0.137 e. The topological polar surface area (TPSA) is 20.2 Å². The number of aliphatic hydroxyl groups excluding tert-OH is 1. The largest absolute Gasteiger partial charge is 0.384 e. The lowest BCUT2D eigenvalue weighted by molar-refractivity contribution is 0.222. The van der Waals surface area contributed by atoms with Crippen LogP contribution < -0.4 is 0 Å². The van der Waals surface area contributed by atoms with Gasteiger partial charge in [-0.1, -0.05) is 24.3 Å². The quantitative estimate of drug-likeness (QED) is 0.706. The van der Waals surface area contributed by atoms with Crippen LogP contribution in [0.2, 0.25) is 0 Å². The number of rotatable bonds is 2. The molecule has 1 aromatic heterocycles. The molecule has 0 bridgehead atoms. The van der Waals surface area contributed by atoms with E-state index in [0.29, 0.717) is 10.0 Å². The minimum atomic E-state index is -0.751. The van der Waals surface area contributed by atoms with Crippen LogP contribution in [0.4, 0.5) is 4.39 Å². The molecule has 0 saturated heterocycles. The molecule has 3 rings (SSSR count). The van der Waals surface area contributed by atoms with Crippen LogP contribution in [0, 0.1) is 5.82 Å². The Hall–Kier alpha value is -1.23. The zero-order valence-electron chi connectivity index (χ0n) is 9.81. The zero-order chi connectivity index (χ0) is 13.4. The minimum absolute atomic E-state index is 0.328. The third kappa shape index (κ3) is 2.31. The first-order chi connectivity index (χ1) is 9.16. The Labute approximate surface area is 122 Å². The maximum absolute atomic E-state index is 13.2. The fourth-order valence-corrected chi connectivity index (χ4v) is 3.43. The van der Waals surface area contributed by atoms with E-state index < -0.39 is 6.10 Å². The molecule has 0 spiro atoms. The van der Waals surface area contributed by atoms with Crippen molar-refractivity contribution in [3.05, 3.63) is 69.3 Å². The molecule has 1 nitrogen and oxygen atoms in total. The summed E-state index contributed by atoms with van der Waals surface area (Å²) in [6.45, 7) is 0. The first-order valence-corrected chi connectivity index (χ1v) is 7.43. The molecule has 4 heteroatoms. The molecule has 96 valence electrons. The summed E-state index contributed by atoms with van der Waals surface area (Å²) in [5, 5.41) is 13.6. The summed E-state index contributed by atoms with van der Waals surface area (Å²) >= 11 is 4.74. The molecule has 1 heterocycles. The summed E-state index contributed by atoms with van der Waals surface area (Å²) < 4.78 is 14.7. The van der Waals surface area contributed by atoms with Crippen molar-refractivity contribution in [2.75, 3.05) is 0 Å². The van der Waals surface area contributed by atoms with Crippen molar-refractivity contribution < 1.29 is 9.50 Å². The Kier molecular flexibility index (Phi) is 3.39. The van der Waals surface area contributed by atoms with Crippen LogP contribution in [-0.2, 0) is 0 Å². The molecule has 3 aromatic rings. The molecule has 1 N–H and O–H groups in total. The van der Waals surface area contributed by atoms with Gasteiger partial charge in [-0.3, -0.25) is 0 Å². The van der Waals surface area contributed by atoms with Gasteiger partial charge < -0.3 is 5.11 Å². The van der Waals surface area contributed by atoms with Crippen LogP contribution in [0.3, 0.4) is 0 Å². The number of aliphatic hydroxyl groups is 1. The normalized spacial score (nSPS) is 12.8. The number of fused-ring (bicyclic) bond motifs is 1. The molecule has 19 heavy (non-hydrogen) atoms. The Morgan fingerprint density at radius 3 is 2.79 bits per heavy atom. The van der Waals surface area contributed by atoms with Crippen molar-refractivity contribution in [3.8, 4) is 0 Å². The second-order valence-corrected chi connectivity index (χ2v) is 6.03. The van der Waals surface area contributed by atoms with E-state index in [1.165, 1.54) is 6.07 Å². The predicted molar refractivity (Wildman–Crippen MR) is 80.0 cm³/mol. The highest BCUT2D eigenvalue weighted by molar-refractivity contribution is 9.10. The van der Waals surface area contributed by atoms with Gasteiger partial charge >= 0.3 is 0 Å². The second-order valence-electron chi connectivity index (χ2n) is 4.26. The average molecular weight is 337 g/mol. The van der Waals surface area contributed by atoms with Gasteiger partial charge in [-0.15, -0.1) is 11.3 Å². The second kappa shape index (κ2) is 5.04. The third-order valence-corrected chi connectivity index (χ3v) is 4.65. The number of hydrogen-bond acceptors (Lipinski definition) is 2. The number of thiophene rings is 1. The van der Waals surface area contributed by atoms with Crippen molar-refractivity contribution >= 4 is 37.4 Å². The SMILES string of the molecule is OC(c1ccc(F)c(Br)c1)c1cccc2ccsc12. The summed E-state index contributed by atoms with van der Waals surface area (Å²) in [6, 6.07) is 12.5. The number of benzene rings is 2. The molecule has 0 amide bonds. The molecule has 0 fully saturated rings. The maximum atomic E-state index is 13.2. The molecule has 1 atom stereocenters. The fraction of sp³-hybridized carbons (Fsp3) is 0.0667. The van der Waals surface area contributed by atoms with Crippen molar-refractivity contribution in [1.82, 2.24) is 0 Å². The van der Waals surface area contributed by atoms with E-state index in [-0.39, 0.29) is 5.82 Å². The zero-order valence-corrected chi connectivity index (χ0v) is 12.2. The number of halogens is 2. The lowest BCUT2D eigenvalue weighted by Crippen LogP contribution is -2.00. The number of hydrogen-bond donors (Lipinski definition) is 1. The van der Waals surface area contributed by atoms with Gasteiger partial charge in [0, 0.05) is 10.3 Å². The highest BCUT2D eigenvalue weighted by Gasteiger charge is 2.15. The van der Waals surface area contributed by atoms with Gasteiger partial charge in [0.2, 0.25) is 0 Å². The lowest BCUT2D eigenvalue weighted by Gasteiger charge is -2.13. The molecule has 1 unspecified atom stereocenters. The average Bonchev–Trinajstić information content (AvgIpc) is 2.89. The summed E-state index contributed by atoms with van der Waals surface area (Å²) in [6.07, 6.45) is -0.751. The minimum Gasteiger partial charge on any atom is -0.384 e. The van der Waals surface area contributed by atoms with Gasteiger partial charge in [0.15, 0.2) is 0 Å². The highest BCUT2D eigenvalue weighted by Crippen LogP contribution is 2.33. The van der Waals surface area contributed by atoms with E-state index in [1.54, 1.807) is 23.5 Å². The van der Waals surface area contributed by atoms with Crippen LogP contribution in [0.1, 0.15) is 17.2 Å². The smallest absolute Gasteiger partial charge is 0.137 e. The Balaban J connectivity index is 2.10. The van der Waals surface area contributed by atoms with Crippen LogP contribution in [0.5, 0.6) is 0 Å². The van der Waals surface area contributed by atoms with E-state index in [2.05, 4.69) is 15.9 Å². The molecular weight excluding hydrogens is 327 g/mol. The molecular formula is C15H10BrFOS. The summed E-state index contributed by atoms with van der Waals surface area (Å²) in [4.78, 5) is 0. The van der Waals surface area contributed by atoms with E-state index in [0.717, 1.165) is 15.6 Å². The summed E-state index contributed by atoms with van der Waals surface area (Å²) in [7, 11) is 0. The Morgan fingerprint density at radius 1 is 1.16 bits per heavy atom. The summed E-state index contributed by atoms with van der Waals surface area (Å²) in [5.74, 6) is -0.328. The molecule has 0 aliphatic rings. The van der Waals surface area contributed by atoms with Crippen LogP contribution in [-0.4, -0.2) is 5.11 Å². The third-order valence-electron chi connectivity index (χ3n) is 3.06. The highest BCUT2D eigenvalue weighted by atomic mass is 79.9. The molecule has 0 aliphatic heterocycles. The fourth-order valence-electron chi connectivity index (χ4n) is 2.09. The Bertz CT molecular complexity index is 738. The first-order valence-electron chi connectivity index (χ1n) is 5.76. The lowest BCUT2D eigenvalue weighted by atomic mass is 10.0. The van der Waals surface area contributed by atoms with Gasteiger partial charge in [0.05, 0.1) is 4.47 Å². The van der Waals surface area contributed by atoms with Gasteiger partial charge in [0.25, 0.3) is 0 Å². The molecule has 0 saturated carbocycles. The van der Waals surface area contributed by atoms with Gasteiger partial charge in [-0.2, -0.15) is 0 Å².